The second kappa shape index (κ2) is 7.24. The van der Waals surface area contributed by atoms with E-state index in [2.05, 4.69) is 6.92 Å². The first-order valence-electron chi connectivity index (χ1n) is 6.14. The number of aliphatic hydroxyl groups is 1. The Morgan fingerprint density at radius 3 is 2.21 bits per heavy atom. The molecule has 1 heterocycles. The zero-order valence-corrected chi connectivity index (χ0v) is 9.37. The number of hydrogen-bond donors (Lipinski definition) is 1. The normalized spacial score (nSPS) is 25.3. The van der Waals surface area contributed by atoms with Gasteiger partial charge in [-0.3, -0.25) is 0 Å². The average Bonchev–Trinajstić information content (AvgIpc) is 2.93. The number of hydrogen-bond acceptors (Lipinski definition) is 2. The lowest BCUT2D eigenvalue weighted by molar-refractivity contribution is 0.281. The van der Waals surface area contributed by atoms with Crippen molar-refractivity contribution in [3.63, 3.8) is 0 Å². The van der Waals surface area contributed by atoms with Crippen LogP contribution >= 0.6 is 0 Å². The summed E-state index contributed by atoms with van der Waals surface area (Å²) >= 11 is 0. The van der Waals surface area contributed by atoms with E-state index in [1.165, 1.54) is 44.9 Å². The van der Waals surface area contributed by atoms with Crippen molar-refractivity contribution >= 4 is 0 Å². The summed E-state index contributed by atoms with van der Waals surface area (Å²) < 4.78 is 5.58. The van der Waals surface area contributed by atoms with Crippen LogP contribution in [-0.4, -0.2) is 23.9 Å². The van der Waals surface area contributed by atoms with Crippen molar-refractivity contribution in [2.45, 2.75) is 70.5 Å². The molecule has 2 unspecified atom stereocenters. The molecule has 1 aliphatic heterocycles. The molecule has 0 aromatic carbocycles. The van der Waals surface area contributed by atoms with Gasteiger partial charge in [0, 0.05) is 6.61 Å². The Morgan fingerprint density at radius 2 is 1.57 bits per heavy atom. The maximum atomic E-state index is 8.60. The summed E-state index contributed by atoms with van der Waals surface area (Å²) in [6, 6.07) is 0. The summed E-state index contributed by atoms with van der Waals surface area (Å²) in [4.78, 5) is 0. The van der Waals surface area contributed by atoms with E-state index in [9.17, 15) is 0 Å². The predicted molar refractivity (Wildman–Crippen MR) is 58.4 cm³/mol. The average molecular weight is 200 g/mol. The molecule has 2 atom stereocenters. The molecule has 0 aromatic rings. The molecule has 84 valence electrons. The van der Waals surface area contributed by atoms with Crippen LogP contribution in [-0.2, 0) is 4.74 Å². The van der Waals surface area contributed by atoms with Gasteiger partial charge in [-0.1, -0.05) is 39.0 Å². The van der Waals surface area contributed by atoms with E-state index < -0.39 is 0 Å². The zero-order chi connectivity index (χ0) is 10.2. The van der Waals surface area contributed by atoms with Gasteiger partial charge in [-0.05, 0) is 19.3 Å². The van der Waals surface area contributed by atoms with Crippen molar-refractivity contribution < 1.29 is 9.84 Å². The number of unbranched alkanes of at least 4 members (excludes halogenated alkanes) is 4. The maximum Gasteiger partial charge on any atom is 0.0841 e. The standard InChI is InChI=1S/C12H24O2/c1-2-3-8-11-12(14-11)9-6-4-5-7-10-13/h11-13H,2-10H2,1H3. The minimum atomic E-state index is 0.346. The van der Waals surface area contributed by atoms with Gasteiger partial charge in [-0.2, -0.15) is 0 Å². The molecule has 1 fully saturated rings. The minimum absolute atomic E-state index is 0.346. The molecule has 1 aliphatic rings. The van der Waals surface area contributed by atoms with Gasteiger partial charge in [0.25, 0.3) is 0 Å². The van der Waals surface area contributed by atoms with Crippen LogP contribution in [0.5, 0.6) is 0 Å². The van der Waals surface area contributed by atoms with E-state index in [4.69, 9.17) is 9.84 Å². The van der Waals surface area contributed by atoms with Gasteiger partial charge in [0.2, 0.25) is 0 Å². The van der Waals surface area contributed by atoms with E-state index in [1.54, 1.807) is 0 Å². The topological polar surface area (TPSA) is 32.8 Å². The van der Waals surface area contributed by atoms with Crippen molar-refractivity contribution in [3.8, 4) is 0 Å². The van der Waals surface area contributed by atoms with Crippen LogP contribution in [0.2, 0.25) is 0 Å². The summed E-state index contributed by atoms with van der Waals surface area (Å²) in [5.74, 6) is 0. The molecule has 0 bridgehead atoms. The lowest BCUT2D eigenvalue weighted by atomic mass is 10.1. The first-order valence-corrected chi connectivity index (χ1v) is 6.14. The Kier molecular flexibility index (Phi) is 6.20. The molecule has 2 nitrogen and oxygen atoms in total. The molecule has 0 aromatic heterocycles. The second-order valence-electron chi connectivity index (χ2n) is 4.28. The number of ether oxygens (including phenoxy) is 1. The fourth-order valence-corrected chi connectivity index (χ4v) is 1.90. The van der Waals surface area contributed by atoms with Crippen LogP contribution in [0.3, 0.4) is 0 Å². The Labute approximate surface area is 87.7 Å². The van der Waals surface area contributed by atoms with Gasteiger partial charge >= 0.3 is 0 Å². The molecule has 0 radical (unpaired) electrons. The van der Waals surface area contributed by atoms with Crippen LogP contribution < -0.4 is 0 Å². The highest BCUT2D eigenvalue weighted by atomic mass is 16.6. The molecule has 1 saturated heterocycles. The molecular weight excluding hydrogens is 176 g/mol. The first kappa shape index (κ1) is 12.0. The van der Waals surface area contributed by atoms with E-state index in [0.29, 0.717) is 18.8 Å². The van der Waals surface area contributed by atoms with E-state index >= 15 is 0 Å². The van der Waals surface area contributed by atoms with Gasteiger partial charge in [0.1, 0.15) is 0 Å². The van der Waals surface area contributed by atoms with E-state index in [-0.39, 0.29) is 0 Å². The molecule has 0 amide bonds. The molecule has 1 rings (SSSR count). The Hall–Kier alpha value is -0.0800. The summed E-state index contributed by atoms with van der Waals surface area (Å²) in [6.45, 7) is 2.57. The van der Waals surface area contributed by atoms with Crippen molar-refractivity contribution in [2.24, 2.45) is 0 Å². The lowest BCUT2D eigenvalue weighted by Crippen LogP contribution is -1.94. The van der Waals surface area contributed by atoms with Crippen LogP contribution in [0.4, 0.5) is 0 Å². The molecule has 0 spiro atoms. The highest BCUT2D eigenvalue weighted by Crippen LogP contribution is 2.31. The van der Waals surface area contributed by atoms with Crippen molar-refractivity contribution in [2.75, 3.05) is 6.61 Å². The number of aliphatic hydroxyl groups excluding tert-OH is 1. The summed E-state index contributed by atoms with van der Waals surface area (Å²) in [5.41, 5.74) is 0. The highest BCUT2D eigenvalue weighted by molar-refractivity contribution is 4.84. The molecule has 2 heteroatoms. The number of epoxide rings is 1. The quantitative estimate of drug-likeness (QED) is 0.458. The Bertz CT molecular complexity index is 136. The highest BCUT2D eigenvalue weighted by Gasteiger charge is 2.36. The Balaban J connectivity index is 1.80. The lowest BCUT2D eigenvalue weighted by Gasteiger charge is -1.97. The smallest absolute Gasteiger partial charge is 0.0841 e. The van der Waals surface area contributed by atoms with E-state index in [0.717, 1.165) is 6.42 Å². The van der Waals surface area contributed by atoms with Crippen LogP contribution in [0.15, 0.2) is 0 Å². The fourth-order valence-electron chi connectivity index (χ4n) is 1.90. The van der Waals surface area contributed by atoms with Gasteiger partial charge < -0.3 is 9.84 Å². The third-order valence-corrected chi connectivity index (χ3v) is 2.93. The monoisotopic (exact) mass is 200 g/mol. The van der Waals surface area contributed by atoms with Crippen molar-refractivity contribution in [1.29, 1.82) is 0 Å². The van der Waals surface area contributed by atoms with Gasteiger partial charge in [-0.15, -0.1) is 0 Å². The molecule has 0 saturated carbocycles. The summed E-state index contributed by atoms with van der Waals surface area (Å²) in [7, 11) is 0. The zero-order valence-electron chi connectivity index (χ0n) is 9.37. The SMILES string of the molecule is CCCCC1OC1CCCCCCO. The largest absolute Gasteiger partial charge is 0.396 e. The Morgan fingerprint density at radius 1 is 0.929 bits per heavy atom. The van der Waals surface area contributed by atoms with Gasteiger partial charge in [0.05, 0.1) is 12.2 Å². The first-order chi connectivity index (χ1) is 6.88. The predicted octanol–water partition coefficient (Wildman–Crippen LogP) is 2.89. The third kappa shape index (κ3) is 4.97. The molecular formula is C12H24O2. The second-order valence-corrected chi connectivity index (χ2v) is 4.28. The molecule has 14 heavy (non-hydrogen) atoms. The van der Waals surface area contributed by atoms with Gasteiger partial charge in [-0.25, -0.2) is 0 Å². The van der Waals surface area contributed by atoms with Crippen molar-refractivity contribution in [1.82, 2.24) is 0 Å². The maximum absolute atomic E-state index is 8.60. The molecule has 1 N–H and O–H groups in total. The van der Waals surface area contributed by atoms with Crippen LogP contribution in [0.1, 0.15) is 58.3 Å². The van der Waals surface area contributed by atoms with Gasteiger partial charge in [0.15, 0.2) is 0 Å². The summed E-state index contributed by atoms with van der Waals surface area (Å²) in [5, 5.41) is 8.60. The third-order valence-electron chi connectivity index (χ3n) is 2.93. The minimum Gasteiger partial charge on any atom is -0.396 e. The van der Waals surface area contributed by atoms with Crippen molar-refractivity contribution in [3.05, 3.63) is 0 Å². The van der Waals surface area contributed by atoms with Crippen LogP contribution in [0, 0.1) is 0 Å². The van der Waals surface area contributed by atoms with E-state index in [1.807, 2.05) is 0 Å². The van der Waals surface area contributed by atoms with Crippen LogP contribution in [0.25, 0.3) is 0 Å². The summed E-state index contributed by atoms with van der Waals surface area (Å²) in [6.07, 6.45) is 10.9. The fraction of sp³-hybridized carbons (Fsp3) is 1.00. The molecule has 0 aliphatic carbocycles. The number of rotatable bonds is 9.